The van der Waals surface area contributed by atoms with Crippen LogP contribution < -0.4 is 54.4 Å². The van der Waals surface area contributed by atoms with Gasteiger partial charge in [-0.3, -0.25) is 38.6 Å². The van der Waals surface area contributed by atoms with Crippen molar-refractivity contribution in [3.05, 3.63) is 35.9 Å². The zero-order chi connectivity index (χ0) is 50.4. The zero-order valence-corrected chi connectivity index (χ0v) is 38.2. The fourth-order valence-electron chi connectivity index (χ4n) is 6.15. The Hall–Kier alpha value is -5.91. The fourth-order valence-corrected chi connectivity index (χ4v) is 6.15. The molecular formula is C42H71N11O12. The van der Waals surface area contributed by atoms with Gasteiger partial charge in [0.25, 0.3) is 0 Å². The third kappa shape index (κ3) is 20.6. The lowest BCUT2D eigenvalue weighted by atomic mass is 9.96. The number of nitrogens with two attached hydrogens (primary N) is 3. The Morgan fingerprint density at radius 1 is 0.738 bits per heavy atom. The number of carbonyl (C=O) groups is 8. The van der Waals surface area contributed by atoms with Crippen LogP contribution in [0.4, 0.5) is 0 Å². The first-order chi connectivity index (χ1) is 30.9. The lowest BCUT2D eigenvalue weighted by Gasteiger charge is -2.30. The highest BCUT2D eigenvalue weighted by atomic mass is 16.4. The van der Waals surface area contributed by atoms with E-state index in [2.05, 4.69) is 36.9 Å². The maximum absolute atomic E-state index is 14.0. The summed E-state index contributed by atoms with van der Waals surface area (Å²) in [7, 11) is 0. The Labute approximate surface area is 380 Å². The summed E-state index contributed by atoms with van der Waals surface area (Å²) >= 11 is 0. The van der Waals surface area contributed by atoms with Crippen LogP contribution in [-0.4, -0.2) is 148 Å². The number of aliphatic imine (C=N–C) groups is 1. The largest absolute Gasteiger partial charge is 0.480 e. The van der Waals surface area contributed by atoms with Gasteiger partial charge in [-0.1, -0.05) is 78.3 Å². The number of aliphatic hydroxyl groups is 3. The first-order valence-electron chi connectivity index (χ1n) is 22.0. The van der Waals surface area contributed by atoms with Gasteiger partial charge in [-0.2, -0.15) is 0 Å². The first-order valence-corrected chi connectivity index (χ1v) is 21.5. The van der Waals surface area contributed by atoms with Crippen molar-refractivity contribution in [1.29, 1.82) is 0 Å². The van der Waals surface area contributed by atoms with Gasteiger partial charge in [0, 0.05) is 13.0 Å². The lowest BCUT2D eigenvalue weighted by Crippen LogP contribution is -2.62. The number of nitrogens with one attached hydrogen (secondary N) is 7. The van der Waals surface area contributed by atoms with Crippen molar-refractivity contribution < 1.29 is 60.2 Å². The van der Waals surface area contributed by atoms with Gasteiger partial charge in [0.05, 0.1) is 25.4 Å². The molecular weight excluding hydrogens is 851 g/mol. The molecule has 1 aromatic rings. The molecule has 23 nitrogen and oxygen atoms in total. The highest BCUT2D eigenvalue weighted by Crippen LogP contribution is 2.13. The maximum Gasteiger partial charge on any atom is 0.328 e. The Morgan fingerprint density at radius 2 is 1.31 bits per heavy atom. The summed E-state index contributed by atoms with van der Waals surface area (Å²) in [5, 5.41) is 54.5. The second-order valence-corrected chi connectivity index (χ2v) is 16.6. The van der Waals surface area contributed by atoms with Gasteiger partial charge in [0.15, 0.2) is 7.37 Å². The highest BCUT2D eigenvalue weighted by Gasteiger charge is 2.36. The summed E-state index contributed by atoms with van der Waals surface area (Å²) in [5.74, 6) is -9.64. The van der Waals surface area contributed by atoms with E-state index in [1.54, 1.807) is 71.9 Å². The lowest BCUT2D eigenvalue weighted by molar-refractivity contribution is -0.143. The maximum atomic E-state index is 14.0. The molecule has 0 aliphatic rings. The number of amides is 7. The number of hydrogen-bond acceptors (Lipinski definition) is 13. The molecule has 0 bridgehead atoms. The number of carboxylic acids is 1. The van der Waals surface area contributed by atoms with Gasteiger partial charge in [-0.05, 0) is 49.5 Å². The van der Waals surface area contributed by atoms with Gasteiger partial charge in [-0.15, -0.1) is 0 Å². The van der Waals surface area contributed by atoms with Gasteiger partial charge < -0.3 is 74.8 Å². The highest BCUT2D eigenvalue weighted by molar-refractivity contribution is 5.97. The van der Waals surface area contributed by atoms with Gasteiger partial charge in [0.2, 0.25) is 41.4 Å². The molecule has 7 amide bonds. The summed E-state index contributed by atoms with van der Waals surface area (Å²) in [4.78, 5) is 110. The fraction of sp³-hybridized carbons (Fsp3) is 0.643. The topological polar surface area (TPSA) is 392 Å². The Kier molecular flexibility index (Phi) is 24.5. The van der Waals surface area contributed by atoms with E-state index in [-0.39, 0.29) is 44.1 Å². The third-order valence-electron chi connectivity index (χ3n) is 10.2. The minimum absolute atomic E-state index is 0.0301. The number of aliphatic hydroxyl groups excluding tert-OH is 3. The molecule has 0 aliphatic carbocycles. The van der Waals surface area contributed by atoms with Crippen LogP contribution >= 0.6 is 0 Å². The summed E-state index contributed by atoms with van der Waals surface area (Å²) in [6.45, 7) is 9.62. The molecule has 0 aliphatic heterocycles. The van der Waals surface area contributed by atoms with Crippen molar-refractivity contribution in [2.45, 2.75) is 135 Å². The molecule has 1 aromatic carbocycles. The second-order valence-electron chi connectivity index (χ2n) is 16.6. The normalized spacial score (nSPS) is 16.0. The molecule has 366 valence electrons. The van der Waals surface area contributed by atoms with Crippen LogP contribution in [0.3, 0.4) is 0 Å². The molecule has 23 heteroatoms. The molecule has 1 rings (SSSR count). The van der Waals surface area contributed by atoms with E-state index in [1.165, 1.54) is 6.92 Å². The minimum Gasteiger partial charge on any atom is -0.480 e. The van der Waals surface area contributed by atoms with E-state index >= 15 is 0 Å². The second kappa shape index (κ2) is 28.8. The van der Waals surface area contributed by atoms with Crippen LogP contribution in [0.15, 0.2) is 35.3 Å². The average Bonchev–Trinajstić information content (AvgIpc) is 3.26. The van der Waals surface area contributed by atoms with Crippen molar-refractivity contribution >= 4 is 53.3 Å². The predicted octanol–water partition coefficient (Wildman–Crippen LogP) is -3.80. The molecule has 10 atom stereocenters. The summed E-state index contributed by atoms with van der Waals surface area (Å²) < 4.78 is 8.57. The number of guanidine groups is 1. The minimum atomic E-state index is -1.69. The van der Waals surface area contributed by atoms with E-state index in [0.717, 1.165) is 0 Å². The predicted molar refractivity (Wildman–Crippen MR) is 239 cm³/mol. The average molecular weight is 923 g/mol. The summed E-state index contributed by atoms with van der Waals surface area (Å²) in [6.07, 6.45) is -2.64. The Bertz CT molecular complexity index is 1800. The van der Waals surface area contributed by atoms with Crippen molar-refractivity contribution in [2.75, 3.05) is 19.7 Å². The van der Waals surface area contributed by atoms with Crippen LogP contribution in [0, 0.1) is 17.8 Å². The van der Waals surface area contributed by atoms with Gasteiger partial charge in [0.1, 0.15) is 42.3 Å². The van der Waals surface area contributed by atoms with E-state index in [4.69, 9.17) is 18.6 Å². The van der Waals surface area contributed by atoms with E-state index < -0.39 is 127 Å². The van der Waals surface area contributed by atoms with E-state index in [9.17, 15) is 58.8 Å². The Balaban J connectivity index is 3.33. The van der Waals surface area contributed by atoms with E-state index in [0.29, 0.717) is 17.3 Å². The van der Waals surface area contributed by atoms with Crippen LogP contribution in [0.2, 0.25) is 1.41 Å². The number of nitrogens with zero attached hydrogens (tertiary/aromatic N) is 1. The van der Waals surface area contributed by atoms with Crippen LogP contribution in [-0.2, 0) is 44.8 Å². The van der Waals surface area contributed by atoms with E-state index in [1.807, 2.05) is 0 Å². The van der Waals surface area contributed by atoms with Crippen molar-refractivity contribution in [3.63, 3.8) is 0 Å². The number of carboxylic acid groups (broad SMARTS) is 1. The molecule has 0 fully saturated rings. The summed E-state index contributed by atoms with van der Waals surface area (Å²) in [6, 6.07) is -2.07. The zero-order valence-electron chi connectivity index (χ0n) is 39.2. The molecule has 0 radical (unpaired) electrons. The SMILES string of the molecule is [2H]N(C(=O)[C@@H](N)[C@H](O)C(C)C)[C@@H](CC(C)C)C(=O)N[C@@H](CCCN=C(N)N)C(=O)N[C@H](C(=O)N[C@H](C(=O)NCC(=O)N[C@@H](Cc1ccccc1)C(=O)N[C@@H](CO)C(=O)O)[C@H](C)O)[C@@H](C)CC. The number of hydrogen-bond donors (Lipinski definition) is 14. The van der Waals surface area contributed by atoms with Gasteiger partial charge >= 0.3 is 5.97 Å². The molecule has 0 heterocycles. The third-order valence-corrected chi connectivity index (χ3v) is 10.2. The van der Waals surface area contributed by atoms with Crippen LogP contribution in [0.25, 0.3) is 0 Å². The molecule has 65 heavy (non-hydrogen) atoms. The quantitative estimate of drug-likeness (QED) is 0.0208. The Morgan fingerprint density at radius 3 is 1.83 bits per heavy atom. The molecule has 0 saturated heterocycles. The number of rotatable bonds is 29. The number of carbonyl (C=O) groups excluding carboxylic acids is 7. The number of benzene rings is 1. The first kappa shape index (κ1) is 55.2. The van der Waals surface area contributed by atoms with Crippen molar-refractivity contribution in [1.82, 2.24) is 37.2 Å². The molecule has 17 N–H and O–H groups in total. The number of aliphatic carboxylic acids is 1. The van der Waals surface area contributed by atoms with Crippen molar-refractivity contribution in [2.24, 2.45) is 39.9 Å². The smallest absolute Gasteiger partial charge is 0.328 e. The van der Waals surface area contributed by atoms with Crippen LogP contribution in [0.1, 0.15) is 79.7 Å². The molecule has 0 unspecified atom stereocenters. The molecule has 0 aromatic heterocycles. The van der Waals surface area contributed by atoms with Crippen LogP contribution in [0.5, 0.6) is 0 Å². The molecule has 0 saturated carbocycles. The standard InChI is InChI=1S/C42H71N11O12/c1-8-23(6)32(52-35(58)26(15-12-16-46-42(44)45)49-36(59)27(17-21(2)3)50-38(61)31(43)34(57)22(4)5)40(63)53-33(24(7)55)39(62)47-19-30(56)48-28(18-25-13-10-9-11-14-25)37(60)51-29(20-54)41(64)65/h9-11,13-14,21-24,26-29,31-34,54-55,57H,8,12,15-20,43H2,1-7H3,(H,47,62)(H,48,56)(H,49,59)(H,50,61)(H,51,60)(H,52,58)(H,53,63)(H,64,65)(H4,44,45,46)/t23-,24-,26-,27-,28-,29-,31-,32-,33-,34+/m0/s1/i/hD. The van der Waals surface area contributed by atoms with Crippen molar-refractivity contribution in [3.8, 4) is 0 Å². The monoisotopic (exact) mass is 923 g/mol. The molecule has 0 spiro atoms. The van der Waals surface area contributed by atoms with Gasteiger partial charge in [-0.25, -0.2) is 4.79 Å². The summed E-state index contributed by atoms with van der Waals surface area (Å²) in [5.41, 5.74) is 17.5.